The average molecular weight is 342 g/mol. The number of urea groups is 1. The summed E-state index contributed by atoms with van der Waals surface area (Å²) in [6.45, 7) is 0.564. The van der Waals surface area contributed by atoms with Crippen LogP contribution in [-0.2, 0) is 4.79 Å². The molecule has 1 aromatic carbocycles. The van der Waals surface area contributed by atoms with E-state index in [1.165, 1.54) is 12.1 Å². The molecule has 0 radical (unpaired) electrons. The van der Waals surface area contributed by atoms with Gasteiger partial charge in [0.05, 0.1) is 22.3 Å². The maximum atomic E-state index is 11.6. The van der Waals surface area contributed by atoms with Crippen LogP contribution >= 0.6 is 34.8 Å². The van der Waals surface area contributed by atoms with Crippen molar-refractivity contribution in [1.29, 1.82) is 0 Å². The van der Waals surface area contributed by atoms with Gasteiger partial charge < -0.3 is 20.8 Å². The van der Waals surface area contributed by atoms with Crippen LogP contribution in [0.15, 0.2) is 12.1 Å². The van der Waals surface area contributed by atoms with Crippen molar-refractivity contribution in [2.45, 2.75) is 12.5 Å². The summed E-state index contributed by atoms with van der Waals surface area (Å²) in [4.78, 5) is 22.3. The van der Waals surface area contributed by atoms with Gasteiger partial charge in [0.2, 0.25) is 0 Å². The summed E-state index contributed by atoms with van der Waals surface area (Å²) >= 11 is 17.4. The normalized spacial score (nSPS) is 13.4. The highest BCUT2D eigenvalue weighted by Gasteiger charge is 2.30. The summed E-state index contributed by atoms with van der Waals surface area (Å²) in [5, 5.41) is 23.2. The number of hydrogen-bond acceptors (Lipinski definition) is 3. The number of aliphatic carboxylic acids is 1. The Balaban J connectivity index is 2.71. The first-order valence-corrected chi connectivity index (χ1v) is 6.42. The molecule has 2 amide bonds. The first-order valence-electron chi connectivity index (χ1n) is 5.28. The van der Waals surface area contributed by atoms with Gasteiger partial charge in [0.1, 0.15) is 0 Å². The van der Waals surface area contributed by atoms with E-state index in [2.05, 4.69) is 10.6 Å². The third-order valence-corrected chi connectivity index (χ3v) is 3.11. The van der Waals surface area contributed by atoms with Crippen LogP contribution in [0.5, 0.6) is 0 Å². The monoisotopic (exact) mass is 340 g/mol. The molecule has 9 heteroatoms. The molecule has 110 valence electrons. The summed E-state index contributed by atoms with van der Waals surface area (Å²) in [5.41, 5.74) is -1.95. The first kappa shape index (κ1) is 16.8. The second-order valence-electron chi connectivity index (χ2n) is 4.13. The Kier molecular flexibility index (Phi) is 5.47. The molecule has 0 aliphatic rings. The highest BCUT2D eigenvalue weighted by molar-refractivity contribution is 6.42. The zero-order valence-electron chi connectivity index (χ0n) is 10.2. The van der Waals surface area contributed by atoms with Gasteiger partial charge in [-0.25, -0.2) is 9.59 Å². The third kappa shape index (κ3) is 4.42. The average Bonchev–Trinajstić information content (AvgIpc) is 2.31. The van der Waals surface area contributed by atoms with Crippen LogP contribution in [0.1, 0.15) is 6.92 Å². The van der Waals surface area contributed by atoms with Crippen LogP contribution in [0, 0.1) is 0 Å². The van der Waals surface area contributed by atoms with Gasteiger partial charge in [-0.1, -0.05) is 34.8 Å². The van der Waals surface area contributed by atoms with Crippen molar-refractivity contribution < 1.29 is 19.8 Å². The Morgan fingerprint density at radius 1 is 1.25 bits per heavy atom. The molecule has 0 bridgehead atoms. The minimum Gasteiger partial charge on any atom is -0.479 e. The lowest BCUT2D eigenvalue weighted by molar-refractivity contribution is -0.155. The summed E-state index contributed by atoms with van der Waals surface area (Å²) < 4.78 is 0. The van der Waals surface area contributed by atoms with Gasteiger partial charge in [0.15, 0.2) is 5.60 Å². The molecule has 0 saturated carbocycles. The standard InChI is InChI=1S/C11H11Cl3N2O4/c1-11(20,9(17)18)4-15-10(19)16-8-6(13)2-5(12)3-7(8)14/h2-3,20H,4H2,1H3,(H,17,18)(H2,15,16,19). The van der Waals surface area contributed by atoms with E-state index in [1.54, 1.807) is 0 Å². The maximum absolute atomic E-state index is 11.6. The lowest BCUT2D eigenvalue weighted by Crippen LogP contribution is -2.47. The molecule has 6 nitrogen and oxygen atoms in total. The largest absolute Gasteiger partial charge is 0.479 e. The van der Waals surface area contributed by atoms with E-state index in [-0.39, 0.29) is 15.7 Å². The fraction of sp³-hybridized carbons (Fsp3) is 0.273. The molecule has 0 aromatic heterocycles. The van der Waals surface area contributed by atoms with Crippen molar-refractivity contribution in [1.82, 2.24) is 5.32 Å². The summed E-state index contributed by atoms with van der Waals surface area (Å²) in [6.07, 6.45) is 0. The van der Waals surface area contributed by atoms with E-state index in [4.69, 9.17) is 39.9 Å². The number of carboxylic acid groups (broad SMARTS) is 1. The second kappa shape index (κ2) is 6.49. The number of hydrogen-bond donors (Lipinski definition) is 4. The van der Waals surface area contributed by atoms with Crippen LogP contribution in [0.25, 0.3) is 0 Å². The van der Waals surface area contributed by atoms with E-state index in [9.17, 15) is 14.7 Å². The first-order chi connectivity index (χ1) is 9.13. The Morgan fingerprint density at radius 3 is 2.20 bits per heavy atom. The summed E-state index contributed by atoms with van der Waals surface area (Å²) in [6, 6.07) is 2.01. The predicted molar refractivity (Wildman–Crippen MR) is 76.8 cm³/mol. The molecular formula is C11H11Cl3N2O4. The van der Waals surface area contributed by atoms with Gasteiger partial charge in [-0.05, 0) is 19.1 Å². The molecule has 0 heterocycles. The van der Waals surface area contributed by atoms with E-state index in [0.29, 0.717) is 5.02 Å². The van der Waals surface area contributed by atoms with Gasteiger partial charge >= 0.3 is 12.0 Å². The number of carbonyl (C=O) groups excluding carboxylic acids is 1. The molecule has 0 fully saturated rings. The molecule has 1 atom stereocenters. The Bertz CT molecular complexity index is 525. The van der Waals surface area contributed by atoms with Crippen molar-refractivity contribution in [2.75, 3.05) is 11.9 Å². The van der Waals surface area contributed by atoms with Crippen LogP contribution in [-0.4, -0.2) is 34.4 Å². The van der Waals surface area contributed by atoms with E-state index < -0.39 is 24.1 Å². The topological polar surface area (TPSA) is 98.7 Å². The Hall–Kier alpha value is -1.21. The number of carboxylic acids is 1. The number of anilines is 1. The zero-order chi connectivity index (χ0) is 15.5. The lowest BCUT2D eigenvalue weighted by atomic mass is 10.1. The summed E-state index contributed by atoms with van der Waals surface area (Å²) in [5.74, 6) is -1.46. The fourth-order valence-electron chi connectivity index (χ4n) is 1.15. The third-order valence-electron chi connectivity index (χ3n) is 2.30. The van der Waals surface area contributed by atoms with Gasteiger partial charge in [-0.2, -0.15) is 0 Å². The van der Waals surface area contributed by atoms with E-state index >= 15 is 0 Å². The van der Waals surface area contributed by atoms with Crippen molar-refractivity contribution in [3.05, 3.63) is 27.2 Å². The maximum Gasteiger partial charge on any atom is 0.337 e. The molecule has 1 rings (SSSR count). The molecule has 1 aromatic rings. The molecule has 0 saturated heterocycles. The molecule has 20 heavy (non-hydrogen) atoms. The number of halogens is 3. The predicted octanol–water partition coefficient (Wildman–Crippen LogP) is 2.60. The smallest absolute Gasteiger partial charge is 0.337 e. The van der Waals surface area contributed by atoms with Crippen molar-refractivity contribution in [3.63, 3.8) is 0 Å². The molecule has 0 aliphatic heterocycles. The zero-order valence-corrected chi connectivity index (χ0v) is 12.5. The molecule has 4 N–H and O–H groups in total. The fourth-order valence-corrected chi connectivity index (χ4v) is 2.06. The van der Waals surface area contributed by atoms with Crippen LogP contribution < -0.4 is 10.6 Å². The van der Waals surface area contributed by atoms with Crippen molar-refractivity contribution in [2.24, 2.45) is 0 Å². The molecule has 0 spiro atoms. The van der Waals surface area contributed by atoms with Crippen LogP contribution in [0.4, 0.5) is 10.5 Å². The lowest BCUT2D eigenvalue weighted by Gasteiger charge is -2.19. The number of amides is 2. The van der Waals surface area contributed by atoms with Crippen molar-refractivity contribution >= 4 is 52.5 Å². The Labute approximate surface area is 129 Å². The van der Waals surface area contributed by atoms with Gasteiger partial charge in [-0.3, -0.25) is 0 Å². The van der Waals surface area contributed by atoms with Gasteiger partial charge in [-0.15, -0.1) is 0 Å². The van der Waals surface area contributed by atoms with Crippen LogP contribution in [0.3, 0.4) is 0 Å². The second-order valence-corrected chi connectivity index (χ2v) is 5.38. The number of carbonyl (C=O) groups is 2. The highest BCUT2D eigenvalue weighted by Crippen LogP contribution is 2.33. The minimum absolute atomic E-state index is 0.127. The van der Waals surface area contributed by atoms with Crippen LogP contribution in [0.2, 0.25) is 15.1 Å². The van der Waals surface area contributed by atoms with Gasteiger partial charge in [0.25, 0.3) is 0 Å². The Morgan fingerprint density at radius 2 is 1.75 bits per heavy atom. The highest BCUT2D eigenvalue weighted by atomic mass is 35.5. The van der Waals surface area contributed by atoms with Gasteiger partial charge in [0, 0.05) is 5.02 Å². The minimum atomic E-state index is -2.08. The van der Waals surface area contributed by atoms with E-state index in [0.717, 1.165) is 6.92 Å². The number of nitrogens with one attached hydrogen (secondary N) is 2. The molecular weight excluding hydrogens is 330 g/mol. The summed E-state index contributed by atoms with van der Waals surface area (Å²) in [7, 11) is 0. The number of aliphatic hydroxyl groups is 1. The van der Waals surface area contributed by atoms with Crippen molar-refractivity contribution in [3.8, 4) is 0 Å². The number of benzene rings is 1. The SMILES string of the molecule is CC(O)(CNC(=O)Nc1c(Cl)cc(Cl)cc1Cl)C(=O)O. The molecule has 0 aliphatic carbocycles. The number of rotatable bonds is 4. The van der Waals surface area contributed by atoms with E-state index in [1.807, 2.05) is 0 Å². The quantitative estimate of drug-likeness (QED) is 0.676. The molecule has 1 unspecified atom stereocenters.